The molecule has 0 unspecified atom stereocenters. The maximum Gasteiger partial charge on any atom is -0.412 e. The van der Waals surface area contributed by atoms with Gasteiger partial charge < -0.3 is 5.48 Å². The van der Waals surface area contributed by atoms with Gasteiger partial charge in [0.05, 0.1) is 0 Å². The first-order valence-corrected chi connectivity index (χ1v) is 23.1. The predicted octanol–water partition coefficient (Wildman–Crippen LogP) is 3.61. The quantitative estimate of drug-likeness (QED) is 0.203. The standard InChI is InChI=1S/C2H2F2.C2H4.CH3I.CH4.I3.I2.H2O/c1-2(3)4;2*1-2;;1-3-2;1-2;/h1H2;1-2H2;1H3;1H4;;;1H2/q;;;;-1;;. The predicted molar refractivity (Wildman–Crippen MR) is 109 cm³/mol. The van der Waals surface area contributed by atoms with Crippen LogP contribution in [0.25, 0.3) is 0 Å². The average molecular weight is 903 g/mol. The molecule has 0 radical (unpaired) electrons. The molecular formula is C6H15F2I6O-. The number of halogens is 8. The molecule has 0 aliphatic heterocycles. The Balaban J connectivity index is -0.0000000107. The van der Waals surface area contributed by atoms with Crippen molar-refractivity contribution < 1.29 is 27.5 Å². The second kappa shape index (κ2) is 83.4. The molecule has 0 rings (SSSR count). The second-order valence-electron chi connectivity index (χ2n) is 0.393. The minimum absolute atomic E-state index is 0. The van der Waals surface area contributed by atoms with Crippen LogP contribution >= 0.6 is 97.1 Å². The Bertz CT molecular complexity index is 65.6. The summed E-state index contributed by atoms with van der Waals surface area (Å²) in [5, 5.41) is 0. The molecule has 0 aliphatic carbocycles. The Morgan fingerprint density at radius 2 is 1.07 bits per heavy atom. The maximum atomic E-state index is 10.1. The Morgan fingerprint density at radius 3 is 1.07 bits per heavy atom. The zero-order chi connectivity index (χ0) is 12.3. The molecule has 9 heteroatoms. The first kappa shape index (κ1) is 42.8. The van der Waals surface area contributed by atoms with Crippen molar-refractivity contribution in [3.8, 4) is 0 Å². The van der Waals surface area contributed by atoms with Crippen LogP contribution in [0.2, 0.25) is 0 Å². The molecule has 0 amide bonds. The number of hydrogen-bond acceptors (Lipinski definition) is 0. The Morgan fingerprint density at radius 1 is 1.07 bits per heavy atom. The summed E-state index contributed by atoms with van der Waals surface area (Å²) in [5.74, 6) is 0. The minimum atomic E-state index is -1.83. The molecule has 0 saturated carbocycles. The molecule has 1 nitrogen and oxygen atoms in total. The molecule has 0 saturated heterocycles. The van der Waals surface area contributed by atoms with E-state index in [1.165, 1.54) is 0 Å². The minimum Gasteiger partial charge on any atom is -0.412 e. The van der Waals surface area contributed by atoms with Crippen molar-refractivity contribution in [3.05, 3.63) is 25.8 Å². The van der Waals surface area contributed by atoms with Gasteiger partial charge in [-0.25, -0.2) is 0 Å². The van der Waals surface area contributed by atoms with Crippen LogP contribution in [0.5, 0.6) is 0 Å². The summed E-state index contributed by atoms with van der Waals surface area (Å²) < 4.78 is 20.3. The zero-order valence-corrected chi connectivity index (χ0v) is 20.1. The van der Waals surface area contributed by atoms with Gasteiger partial charge in [0.2, 0.25) is 0 Å². The van der Waals surface area contributed by atoms with Gasteiger partial charge in [0.15, 0.2) is 0 Å². The van der Waals surface area contributed by atoms with Crippen LogP contribution < -0.4 is 13.3 Å². The Kier molecular flexibility index (Phi) is 238. The first-order chi connectivity index (χ1) is 6.15. The summed E-state index contributed by atoms with van der Waals surface area (Å²) in [4.78, 5) is 1.97. The normalized spacial score (nSPS) is 4.27. The molecule has 0 aromatic rings. The van der Waals surface area contributed by atoms with Crippen LogP contribution in [0.1, 0.15) is 7.43 Å². The van der Waals surface area contributed by atoms with Gasteiger partial charge in [0.25, 0.3) is 6.08 Å². The van der Waals surface area contributed by atoms with Crippen molar-refractivity contribution in [1.82, 2.24) is 0 Å². The van der Waals surface area contributed by atoms with Crippen molar-refractivity contribution >= 4 is 97.1 Å². The van der Waals surface area contributed by atoms with Gasteiger partial charge in [-0.2, -0.15) is 8.78 Å². The van der Waals surface area contributed by atoms with Crippen LogP contribution in [0.15, 0.2) is 25.8 Å². The molecule has 2 N–H and O–H groups in total. The van der Waals surface area contributed by atoms with Crippen molar-refractivity contribution in [2.24, 2.45) is 0 Å². The molecule has 0 fully saturated rings. The van der Waals surface area contributed by atoms with Gasteiger partial charge in [-0.15, -0.1) is 13.2 Å². The largest absolute Gasteiger partial charge is 0.412 e. The fraction of sp³-hybridized carbons (Fsp3) is 0.333. The third kappa shape index (κ3) is 321. The average Bonchev–Trinajstić information content (AvgIpc) is 2.14. The molecule has 0 heterocycles. The topological polar surface area (TPSA) is 31.5 Å². The molecule has 15 heavy (non-hydrogen) atoms. The van der Waals surface area contributed by atoms with Crippen molar-refractivity contribution in [1.29, 1.82) is 0 Å². The van der Waals surface area contributed by atoms with Gasteiger partial charge in [0.1, 0.15) is 0 Å². The van der Waals surface area contributed by atoms with Crippen molar-refractivity contribution in [2.75, 3.05) is 4.93 Å². The fourth-order valence-corrected chi connectivity index (χ4v) is 0. The summed E-state index contributed by atoms with van der Waals surface area (Å²) in [6.45, 7) is 8.22. The molecule has 102 valence electrons. The molecule has 0 aliphatic rings. The molecule has 0 aromatic heterocycles. The van der Waals surface area contributed by atoms with E-state index in [2.05, 4.69) is 117 Å². The molecule has 0 spiro atoms. The van der Waals surface area contributed by atoms with E-state index in [4.69, 9.17) is 0 Å². The summed E-state index contributed by atoms with van der Waals surface area (Å²) in [6, 6.07) is 0. The molecule has 0 aromatic carbocycles. The van der Waals surface area contributed by atoms with Crippen molar-refractivity contribution in [3.63, 3.8) is 0 Å². The second-order valence-corrected chi connectivity index (χ2v) is 16.6. The smallest absolute Gasteiger partial charge is 0.412 e. The Hall–Kier alpha value is 3.68. The summed E-state index contributed by atoms with van der Waals surface area (Å²) >= 11 is 11.7. The van der Waals surface area contributed by atoms with Gasteiger partial charge in [-0.1, -0.05) is 30.0 Å². The van der Waals surface area contributed by atoms with E-state index < -0.39 is 6.08 Å². The number of alkyl halides is 1. The van der Waals surface area contributed by atoms with Crippen LogP contribution in [-0.4, -0.2) is 10.4 Å². The van der Waals surface area contributed by atoms with E-state index in [-0.39, 0.29) is 12.9 Å². The monoisotopic (exact) mass is 903 g/mol. The van der Waals surface area contributed by atoms with Crippen LogP contribution in [0, 0.1) is 0 Å². The van der Waals surface area contributed by atoms with Gasteiger partial charge in [0, 0.05) is 37.2 Å². The molecule has 0 atom stereocenters. The summed E-state index contributed by atoms with van der Waals surface area (Å²) in [5.41, 5.74) is 0. The molecular weight excluding hydrogens is 887 g/mol. The van der Waals surface area contributed by atoms with E-state index in [1.54, 1.807) is 0 Å². The van der Waals surface area contributed by atoms with Crippen LogP contribution in [0.3, 0.4) is 0 Å². The Labute approximate surface area is 159 Å². The third-order valence-corrected chi connectivity index (χ3v) is 0. The van der Waals surface area contributed by atoms with Crippen LogP contribution in [0.4, 0.5) is 8.78 Å². The van der Waals surface area contributed by atoms with E-state index >= 15 is 0 Å². The maximum absolute atomic E-state index is 10.1. The first-order valence-electron chi connectivity index (χ1n) is 2.04. The van der Waals surface area contributed by atoms with E-state index in [9.17, 15) is 8.78 Å². The SMILES string of the molecule is C.C=C.C=C(F)F.CI.II.I[I-]I.O. The van der Waals surface area contributed by atoms with E-state index in [0.29, 0.717) is 13.3 Å². The number of rotatable bonds is 0. The van der Waals surface area contributed by atoms with Gasteiger partial charge in [-0.3, -0.25) is 0 Å². The fourth-order valence-electron chi connectivity index (χ4n) is 0. The third-order valence-electron chi connectivity index (χ3n) is 0. The number of hydrogen-bond donors (Lipinski definition) is 0. The molecule has 0 bridgehead atoms. The zero-order valence-electron chi connectivity index (χ0n) is 7.15. The van der Waals surface area contributed by atoms with Crippen LogP contribution in [-0.2, 0) is 0 Å². The van der Waals surface area contributed by atoms with E-state index in [0.717, 1.165) is 0 Å². The van der Waals surface area contributed by atoms with Crippen molar-refractivity contribution in [2.45, 2.75) is 7.43 Å². The summed E-state index contributed by atoms with van der Waals surface area (Å²) in [6.07, 6.45) is -1.83. The summed E-state index contributed by atoms with van der Waals surface area (Å²) in [7, 11) is 0. The van der Waals surface area contributed by atoms with Gasteiger partial charge in [-0.05, 0) is 11.5 Å². The van der Waals surface area contributed by atoms with Gasteiger partial charge >= 0.3 is 50.5 Å². The van der Waals surface area contributed by atoms with E-state index in [1.807, 2.05) is 4.93 Å².